The van der Waals surface area contributed by atoms with E-state index in [2.05, 4.69) is 46.5 Å². The Bertz CT molecular complexity index is 4760. The standard InChI is InChI=1S/C69H85N13O22P2.CO2/c1-39(83)71-27-13-16-48(77-68(91)103-69(2,3)4)64(88)76-49(30-40-17-21-45(96-7)22-18-40)65(89)79-58-54(102-66(60(58)86)82-38-75-59-61(80(5)6)73-37-74-62(59)82)36-99-106(94,95)104-52-34-56(81-28-25-55(70)78-67(81)90)101-53(52)35-98-105(92,93)97-29-11-9-8-10-26-72-63(87)42-15-12-14-41(31-42)57-46-23-19-43(84)32-50(46)100-51-33-44(85)20-24-47(51)57;2-1-3/h12,14-15,17-25,28,31-33,37-38,48-49,52-54,56,58,60,66,84,86H,8-11,13,16,26-27,29-30,34-36H2,1-7H3,(H,71,83)(H,72,87)(H,76,88)(H,77,91)(H,79,89)(H,92,93)(H,94,95)(H2,70,78,90);/t48-,49+,52?,53-,54-,56-,58?,60+,66-;/m1./s1. The Hall–Kier alpha value is -10.4. The molecular formula is C70H85N13O24P2. The number of fused-ring (bicyclic) bond motifs is 3. The van der Waals surface area contributed by atoms with Crippen molar-refractivity contribution in [2.45, 2.75) is 140 Å². The monoisotopic (exact) mass is 1550 g/mol. The van der Waals surface area contributed by atoms with Gasteiger partial charge >= 0.3 is 33.6 Å². The van der Waals surface area contributed by atoms with Crippen molar-refractivity contribution in [1.82, 2.24) is 55.7 Å². The average Bonchev–Trinajstić information content (AvgIpc) is 1.75. The molecule has 11 atom stereocenters. The molecule has 0 radical (unpaired) electrons. The van der Waals surface area contributed by atoms with Gasteiger partial charge in [0.15, 0.2) is 28.6 Å². The van der Waals surface area contributed by atoms with Crippen LogP contribution in [0.5, 0.6) is 11.5 Å². The summed E-state index contributed by atoms with van der Waals surface area (Å²) in [5.41, 5.74) is 7.36. The van der Waals surface area contributed by atoms with E-state index in [-0.39, 0.29) is 91.4 Å². The summed E-state index contributed by atoms with van der Waals surface area (Å²) in [5.74, 6) is -1.39. The van der Waals surface area contributed by atoms with Crippen LogP contribution >= 0.6 is 15.6 Å². The van der Waals surface area contributed by atoms with Crippen LogP contribution in [0.15, 0.2) is 124 Å². The third-order valence-electron chi connectivity index (χ3n) is 17.1. The van der Waals surface area contributed by atoms with Gasteiger partial charge in [-0.05, 0) is 112 Å². The number of carbonyl (C=O) groups is 5. The molecule has 0 saturated carbocycles. The third kappa shape index (κ3) is 22.6. The molecule has 584 valence electrons. The van der Waals surface area contributed by atoms with Crippen LogP contribution in [0.1, 0.15) is 101 Å². The van der Waals surface area contributed by atoms with Gasteiger partial charge in [-0.15, -0.1) is 0 Å². The number of aromatic hydroxyl groups is 1. The Labute approximate surface area is 622 Å². The van der Waals surface area contributed by atoms with E-state index in [9.17, 15) is 62.7 Å². The fraction of sp³-hybridized carbons (Fsp3) is 0.429. The van der Waals surface area contributed by atoms with E-state index in [1.165, 1.54) is 67.8 Å². The number of unbranched alkanes of at least 4 members (excludes halogenated alkanes) is 3. The second-order valence-corrected chi connectivity index (χ2v) is 29.4. The number of nitrogens with two attached hydrogens (primary N) is 1. The summed E-state index contributed by atoms with van der Waals surface area (Å²) in [5, 5.41) is 36.8. The first-order valence-electron chi connectivity index (χ1n) is 34.3. The summed E-state index contributed by atoms with van der Waals surface area (Å²) in [6.07, 6.45) is -4.49. The van der Waals surface area contributed by atoms with Crippen LogP contribution in [-0.2, 0) is 71.8 Å². The summed E-state index contributed by atoms with van der Waals surface area (Å²) >= 11 is 0. The largest absolute Gasteiger partial charge is 0.508 e. The van der Waals surface area contributed by atoms with E-state index in [0.717, 1.165) is 4.57 Å². The van der Waals surface area contributed by atoms with Crippen molar-refractivity contribution < 1.29 is 104 Å². The van der Waals surface area contributed by atoms with Crippen LogP contribution in [-0.4, -0.2) is 187 Å². The number of ether oxygens (including phenoxy) is 4. The Morgan fingerprint density at radius 1 is 0.807 bits per heavy atom. The zero-order valence-corrected chi connectivity index (χ0v) is 62.1. The number of aliphatic hydroxyl groups excluding tert-OH is 1. The number of methoxy groups -OCH3 is 1. The van der Waals surface area contributed by atoms with Gasteiger partial charge in [0, 0.05) is 87.4 Å². The number of amides is 5. The minimum atomic E-state index is -5.40. The molecule has 3 aromatic heterocycles. The molecule has 109 heavy (non-hydrogen) atoms. The van der Waals surface area contributed by atoms with E-state index in [0.29, 0.717) is 81.9 Å². The number of phenols is 1. The van der Waals surface area contributed by atoms with E-state index in [1.54, 1.807) is 94.4 Å². The molecule has 37 nitrogen and oxygen atoms in total. The van der Waals surface area contributed by atoms with Gasteiger partial charge < -0.3 is 80.6 Å². The highest BCUT2D eigenvalue weighted by atomic mass is 31.2. The summed E-state index contributed by atoms with van der Waals surface area (Å²) in [6.45, 7) is 4.64. The molecule has 39 heteroatoms. The lowest BCUT2D eigenvalue weighted by Crippen LogP contribution is -2.58. The molecule has 2 saturated heterocycles. The van der Waals surface area contributed by atoms with Crippen molar-refractivity contribution >= 4 is 85.3 Å². The number of nitrogens with one attached hydrogen (secondary N) is 5. The van der Waals surface area contributed by atoms with Crippen LogP contribution in [0.4, 0.5) is 16.4 Å². The Balaban J connectivity index is 0.00000449. The van der Waals surface area contributed by atoms with Crippen molar-refractivity contribution in [3.05, 3.63) is 142 Å². The van der Waals surface area contributed by atoms with Gasteiger partial charge in [-0.2, -0.15) is 14.6 Å². The first-order valence-corrected chi connectivity index (χ1v) is 37.3. The lowest BCUT2D eigenvalue weighted by molar-refractivity contribution is -0.191. The van der Waals surface area contributed by atoms with E-state index < -0.39 is 113 Å². The number of anilines is 2. The number of phosphoric ester groups is 2. The number of hydrogen-bond acceptors (Lipinski definition) is 28. The van der Waals surface area contributed by atoms with Crippen molar-refractivity contribution in [1.29, 1.82) is 0 Å². The molecule has 3 aromatic carbocycles. The molecule has 1 aliphatic carbocycles. The number of phenolic OH excluding ortho intramolecular Hbond substituents is 1. The minimum absolute atomic E-state index is 0.0244. The van der Waals surface area contributed by atoms with Crippen molar-refractivity contribution in [3.8, 4) is 33.9 Å². The highest BCUT2D eigenvalue weighted by molar-refractivity contribution is 7.47. The molecule has 0 spiro atoms. The molecular weight excluding hydrogens is 1470 g/mol. The van der Waals surface area contributed by atoms with Gasteiger partial charge in [0.2, 0.25) is 17.7 Å². The molecule has 10 rings (SSSR count). The Kier molecular flexibility index (Phi) is 28.2. The summed E-state index contributed by atoms with van der Waals surface area (Å²) < 4.78 is 81.4. The summed E-state index contributed by atoms with van der Waals surface area (Å²) in [7, 11) is -5.39. The van der Waals surface area contributed by atoms with Gasteiger partial charge in [0.25, 0.3) is 5.91 Å². The van der Waals surface area contributed by atoms with Crippen molar-refractivity contribution in [2.75, 3.05) is 64.7 Å². The predicted octanol–water partition coefficient (Wildman–Crippen LogP) is 4.93. The molecule has 2 fully saturated rings. The maximum atomic E-state index is 15.0. The number of phosphoric acid groups is 2. The average molecular weight is 1550 g/mol. The lowest BCUT2D eigenvalue weighted by atomic mass is 9.92. The number of hydrogen-bond donors (Lipinski definition) is 10. The second-order valence-electron chi connectivity index (χ2n) is 26.5. The van der Waals surface area contributed by atoms with Crippen molar-refractivity contribution in [2.24, 2.45) is 0 Å². The summed E-state index contributed by atoms with van der Waals surface area (Å²) in [4.78, 5) is 150. The number of rotatable bonds is 33. The molecule has 11 N–H and O–H groups in total. The first kappa shape index (κ1) is 82.7. The fourth-order valence-electron chi connectivity index (χ4n) is 12.1. The highest BCUT2D eigenvalue weighted by Gasteiger charge is 2.49. The maximum Gasteiger partial charge on any atom is 0.472 e. The molecule has 6 aromatic rings. The fourth-order valence-corrected chi connectivity index (χ4v) is 13.8. The van der Waals surface area contributed by atoms with Crippen LogP contribution in [0.3, 0.4) is 0 Å². The Morgan fingerprint density at radius 2 is 1.53 bits per heavy atom. The van der Waals surface area contributed by atoms with Gasteiger partial charge in [-0.25, -0.2) is 33.7 Å². The first-order chi connectivity index (χ1) is 51.8. The van der Waals surface area contributed by atoms with Gasteiger partial charge in [-0.1, -0.05) is 37.1 Å². The lowest BCUT2D eigenvalue weighted by Gasteiger charge is -2.28. The number of alkyl carbamates (subject to hydrolysis) is 1. The van der Waals surface area contributed by atoms with Crippen molar-refractivity contribution in [3.63, 3.8) is 0 Å². The van der Waals surface area contributed by atoms with Crippen LogP contribution in [0, 0.1) is 0 Å². The van der Waals surface area contributed by atoms with E-state index >= 15 is 0 Å². The molecule has 6 heterocycles. The second kappa shape index (κ2) is 37.1. The normalized spacial score (nSPS) is 19.3. The number of imidazole rings is 1. The maximum absolute atomic E-state index is 15.0. The van der Waals surface area contributed by atoms with E-state index in [1.807, 2.05) is 6.07 Å². The summed E-state index contributed by atoms with van der Waals surface area (Å²) in [6, 6.07) is 19.5. The SMILES string of the molecule is COc1ccc(C[C@H](NC(=O)[C@@H](CCCNC(C)=O)NC(=O)OC(C)(C)C)C(=O)NC2[C@@H](COP(=O)(O)OC3C[C@H](n4ccc(N)nc4=O)O[C@@H]3COP(=O)(O)OCCCCCCNC(=O)c3cccc(-c4c5ccc(=O)cc-5oc5cc(O)ccc45)c3)O[C@@H](n3cnc4c(N(C)C)ncnc43)[C@H]2O)cc1.O=C=O. The number of carbonyl (C=O) groups excluding carboxylic acids is 7. The zero-order chi connectivity index (χ0) is 78.9. The van der Waals surface area contributed by atoms with Gasteiger partial charge in [0.1, 0.15) is 83.3 Å². The molecule has 5 amide bonds. The number of aliphatic hydroxyl groups is 1. The zero-order valence-electron chi connectivity index (χ0n) is 60.3. The quantitative estimate of drug-likeness (QED) is 0.0148. The smallest absolute Gasteiger partial charge is 0.472 e. The van der Waals surface area contributed by atoms with Gasteiger partial charge in [0.05, 0.1) is 39.3 Å². The van der Waals surface area contributed by atoms with E-state index in [4.69, 9.17) is 56.8 Å². The molecule has 3 aliphatic heterocycles. The predicted molar refractivity (Wildman–Crippen MR) is 387 cm³/mol. The topological polar surface area (TPSA) is 506 Å². The third-order valence-corrected chi connectivity index (χ3v) is 19.1. The van der Waals surface area contributed by atoms with Gasteiger partial charge in [-0.3, -0.25) is 51.2 Å². The van der Waals surface area contributed by atoms with Crippen LogP contribution in [0.2, 0.25) is 0 Å². The highest BCUT2D eigenvalue weighted by Crippen LogP contribution is 2.51. The Morgan fingerprint density at radius 3 is 2.25 bits per heavy atom. The molecule has 4 unspecified atom stereocenters. The number of benzene rings is 4. The molecule has 4 aliphatic rings. The minimum Gasteiger partial charge on any atom is -0.508 e. The number of aromatic nitrogens is 6. The number of nitrogen functional groups attached to an aromatic ring is 1. The number of nitrogens with zero attached hydrogens (tertiary/aromatic N) is 7. The van der Waals surface area contributed by atoms with Crippen LogP contribution in [0.25, 0.3) is 44.6 Å². The molecule has 0 bridgehead atoms. The van der Waals surface area contributed by atoms with Crippen LogP contribution < -0.4 is 53.1 Å².